The molecule has 0 heterocycles. The number of carbonyl (C=O) groups is 2. The van der Waals surface area contributed by atoms with Crippen molar-refractivity contribution in [2.75, 3.05) is 0 Å². The lowest BCUT2D eigenvalue weighted by molar-refractivity contribution is -0.140. The van der Waals surface area contributed by atoms with Gasteiger partial charge in [0.25, 0.3) is 0 Å². The minimum atomic E-state index is -1.12. The summed E-state index contributed by atoms with van der Waals surface area (Å²) < 4.78 is 0. The second-order valence-corrected chi connectivity index (χ2v) is 5.90. The molecule has 5 N–H and O–H groups in total. The molecular weight excluding hydrogens is 248 g/mol. The van der Waals surface area contributed by atoms with E-state index in [-0.39, 0.29) is 0 Å². The van der Waals surface area contributed by atoms with Gasteiger partial charge in [-0.05, 0) is 32.6 Å². The minimum Gasteiger partial charge on any atom is -0.481 e. The van der Waals surface area contributed by atoms with Crippen LogP contribution in [0.3, 0.4) is 0 Å². The van der Waals surface area contributed by atoms with Gasteiger partial charge in [-0.25, -0.2) is 0 Å². The Morgan fingerprint density at radius 2 is 1.79 bits per heavy atom. The summed E-state index contributed by atoms with van der Waals surface area (Å²) in [5, 5.41) is 21.3. The van der Waals surface area contributed by atoms with Gasteiger partial charge < -0.3 is 21.3 Å². The van der Waals surface area contributed by atoms with E-state index in [2.05, 4.69) is 19.2 Å². The number of aliphatic hydroxyl groups is 1. The molecule has 112 valence electrons. The number of hydrogen-bond donors (Lipinski definition) is 4. The standard InChI is InChI=1S/C13H26N2O4/c1-8(2)5-6-10(16)13(3,4)15-12(19)9(14)7-11(17)18/h8-10,16H,5-7,14H2,1-4H3,(H,15,19)(H,17,18)/t9-,10?/m0/s1. The molecule has 0 aliphatic heterocycles. The molecule has 0 aromatic rings. The van der Waals surface area contributed by atoms with Crippen LogP contribution >= 0.6 is 0 Å². The zero-order valence-electron chi connectivity index (χ0n) is 12.1. The van der Waals surface area contributed by atoms with Crippen molar-refractivity contribution in [2.24, 2.45) is 11.7 Å². The molecule has 1 unspecified atom stereocenters. The number of nitrogens with one attached hydrogen (secondary N) is 1. The van der Waals surface area contributed by atoms with Crippen LogP contribution in [0.2, 0.25) is 0 Å². The molecule has 0 saturated heterocycles. The highest BCUT2D eigenvalue weighted by molar-refractivity contribution is 5.86. The van der Waals surface area contributed by atoms with Crippen LogP contribution in [0.5, 0.6) is 0 Å². The van der Waals surface area contributed by atoms with Crippen LogP contribution in [0, 0.1) is 5.92 Å². The Morgan fingerprint density at radius 1 is 1.26 bits per heavy atom. The van der Waals surface area contributed by atoms with Gasteiger partial charge in [0.1, 0.15) is 0 Å². The van der Waals surface area contributed by atoms with Gasteiger partial charge in [0, 0.05) is 0 Å². The molecule has 0 spiro atoms. The summed E-state index contributed by atoms with van der Waals surface area (Å²) in [6.45, 7) is 7.51. The normalized spacial score (nSPS) is 15.1. The van der Waals surface area contributed by atoms with Gasteiger partial charge in [-0.2, -0.15) is 0 Å². The molecule has 0 rings (SSSR count). The monoisotopic (exact) mass is 274 g/mol. The van der Waals surface area contributed by atoms with Gasteiger partial charge in [-0.15, -0.1) is 0 Å². The predicted molar refractivity (Wildman–Crippen MR) is 72.5 cm³/mol. The largest absolute Gasteiger partial charge is 0.481 e. The summed E-state index contributed by atoms with van der Waals surface area (Å²) in [5.74, 6) is -1.22. The second-order valence-electron chi connectivity index (χ2n) is 5.90. The Bertz CT molecular complexity index is 316. The molecule has 6 nitrogen and oxygen atoms in total. The third-order valence-corrected chi connectivity index (χ3v) is 3.03. The van der Waals surface area contributed by atoms with Crippen molar-refractivity contribution in [3.8, 4) is 0 Å². The van der Waals surface area contributed by atoms with Crippen LogP contribution in [0.25, 0.3) is 0 Å². The SMILES string of the molecule is CC(C)CCC(O)C(C)(C)NC(=O)[C@@H](N)CC(=O)O. The quantitative estimate of drug-likeness (QED) is 0.514. The van der Waals surface area contributed by atoms with E-state index in [9.17, 15) is 14.7 Å². The van der Waals surface area contributed by atoms with E-state index in [0.717, 1.165) is 6.42 Å². The van der Waals surface area contributed by atoms with Gasteiger partial charge in [0.15, 0.2) is 0 Å². The molecule has 2 atom stereocenters. The number of hydrogen-bond acceptors (Lipinski definition) is 4. The van der Waals surface area contributed by atoms with E-state index in [1.165, 1.54) is 0 Å². The number of rotatable bonds is 8. The van der Waals surface area contributed by atoms with E-state index < -0.39 is 36.0 Å². The molecule has 0 saturated carbocycles. The molecule has 1 amide bonds. The second kappa shape index (κ2) is 7.45. The summed E-state index contributed by atoms with van der Waals surface area (Å²) in [7, 11) is 0. The minimum absolute atomic E-state index is 0.427. The van der Waals surface area contributed by atoms with Crippen LogP contribution in [-0.2, 0) is 9.59 Å². The van der Waals surface area contributed by atoms with Crippen LogP contribution in [0.4, 0.5) is 0 Å². The Kier molecular flexibility index (Phi) is 7.00. The Morgan fingerprint density at radius 3 is 2.21 bits per heavy atom. The zero-order valence-corrected chi connectivity index (χ0v) is 12.1. The first-order valence-corrected chi connectivity index (χ1v) is 6.53. The maximum Gasteiger partial charge on any atom is 0.305 e. The summed E-state index contributed by atoms with van der Waals surface area (Å²) in [6, 6.07) is -1.10. The number of carboxylic acid groups (broad SMARTS) is 1. The van der Waals surface area contributed by atoms with Crippen LogP contribution in [-0.4, -0.2) is 39.8 Å². The Hall–Kier alpha value is -1.14. The van der Waals surface area contributed by atoms with Crippen molar-refractivity contribution in [3.63, 3.8) is 0 Å². The molecule has 0 aliphatic rings. The molecular formula is C13H26N2O4. The summed E-state index contributed by atoms with van der Waals surface area (Å²) in [4.78, 5) is 22.2. The summed E-state index contributed by atoms with van der Waals surface area (Å²) in [6.07, 6.45) is 0.293. The molecule has 0 aromatic heterocycles. The van der Waals surface area contributed by atoms with Gasteiger partial charge in [-0.1, -0.05) is 13.8 Å². The maximum atomic E-state index is 11.7. The van der Waals surface area contributed by atoms with Crippen molar-refractivity contribution in [3.05, 3.63) is 0 Å². The molecule has 0 radical (unpaired) electrons. The van der Waals surface area contributed by atoms with Crippen molar-refractivity contribution in [2.45, 2.75) is 64.6 Å². The number of nitrogens with two attached hydrogens (primary N) is 1. The average Bonchev–Trinajstić information content (AvgIpc) is 2.23. The summed E-state index contributed by atoms with van der Waals surface area (Å²) >= 11 is 0. The molecule has 0 aromatic carbocycles. The zero-order chi connectivity index (χ0) is 15.2. The third-order valence-electron chi connectivity index (χ3n) is 3.03. The van der Waals surface area contributed by atoms with Crippen molar-refractivity contribution in [1.82, 2.24) is 5.32 Å². The number of amides is 1. The molecule has 6 heteroatoms. The third kappa shape index (κ3) is 7.12. The fourth-order valence-electron chi connectivity index (χ4n) is 1.63. The average molecular weight is 274 g/mol. The van der Waals surface area contributed by atoms with Crippen LogP contribution < -0.4 is 11.1 Å². The first-order valence-electron chi connectivity index (χ1n) is 6.53. The number of aliphatic hydroxyl groups excluding tert-OH is 1. The molecule has 0 fully saturated rings. The lowest BCUT2D eigenvalue weighted by Crippen LogP contribution is -2.56. The Labute approximate surface area is 114 Å². The molecule has 19 heavy (non-hydrogen) atoms. The summed E-state index contributed by atoms with van der Waals surface area (Å²) in [5.41, 5.74) is 4.64. The van der Waals surface area contributed by atoms with Crippen molar-refractivity contribution >= 4 is 11.9 Å². The fourth-order valence-corrected chi connectivity index (χ4v) is 1.63. The lowest BCUT2D eigenvalue weighted by atomic mass is 9.91. The van der Waals surface area contributed by atoms with E-state index in [1.807, 2.05) is 0 Å². The van der Waals surface area contributed by atoms with Crippen molar-refractivity contribution < 1.29 is 19.8 Å². The lowest BCUT2D eigenvalue weighted by Gasteiger charge is -2.33. The first-order chi connectivity index (χ1) is 8.56. The highest BCUT2D eigenvalue weighted by atomic mass is 16.4. The molecule has 0 aliphatic carbocycles. The Balaban J connectivity index is 4.41. The maximum absolute atomic E-state index is 11.7. The van der Waals surface area contributed by atoms with Crippen LogP contribution in [0.15, 0.2) is 0 Å². The number of carboxylic acids is 1. The molecule has 0 bridgehead atoms. The number of aliphatic carboxylic acids is 1. The van der Waals surface area contributed by atoms with Gasteiger partial charge in [0.05, 0.1) is 24.1 Å². The van der Waals surface area contributed by atoms with Gasteiger partial charge >= 0.3 is 5.97 Å². The first kappa shape index (κ1) is 17.9. The predicted octanol–water partition coefficient (Wildman–Crippen LogP) is 0.480. The highest BCUT2D eigenvalue weighted by Crippen LogP contribution is 2.17. The smallest absolute Gasteiger partial charge is 0.305 e. The van der Waals surface area contributed by atoms with Gasteiger partial charge in [-0.3, -0.25) is 9.59 Å². The fraction of sp³-hybridized carbons (Fsp3) is 0.846. The topological polar surface area (TPSA) is 113 Å². The van der Waals surface area contributed by atoms with E-state index in [0.29, 0.717) is 12.3 Å². The van der Waals surface area contributed by atoms with Crippen molar-refractivity contribution in [1.29, 1.82) is 0 Å². The van der Waals surface area contributed by atoms with Crippen LogP contribution in [0.1, 0.15) is 47.0 Å². The highest BCUT2D eigenvalue weighted by Gasteiger charge is 2.31. The van der Waals surface area contributed by atoms with Gasteiger partial charge in [0.2, 0.25) is 5.91 Å². The van der Waals surface area contributed by atoms with E-state index >= 15 is 0 Å². The van der Waals surface area contributed by atoms with E-state index in [4.69, 9.17) is 10.8 Å². The number of carbonyl (C=O) groups excluding carboxylic acids is 1. The van der Waals surface area contributed by atoms with E-state index in [1.54, 1.807) is 13.8 Å².